The zero-order valence-electron chi connectivity index (χ0n) is 8.13. The lowest BCUT2D eigenvalue weighted by Gasteiger charge is -2.31. The van der Waals surface area contributed by atoms with Gasteiger partial charge in [-0.05, 0) is 0 Å². The minimum Gasteiger partial charge on any atom is -0.478 e. The summed E-state index contributed by atoms with van der Waals surface area (Å²) in [5.41, 5.74) is 1.59. The number of carboxylic acid groups (broad SMARTS) is 1. The average molecular weight is 241 g/mol. The molecule has 0 amide bonds. The second-order valence-electron chi connectivity index (χ2n) is 3.31. The third kappa shape index (κ3) is 3.09. The van der Waals surface area contributed by atoms with E-state index in [0.717, 1.165) is 0 Å². The van der Waals surface area contributed by atoms with E-state index in [1.54, 1.807) is 0 Å². The van der Waals surface area contributed by atoms with E-state index in [9.17, 15) is 15.0 Å². The van der Waals surface area contributed by atoms with Crippen molar-refractivity contribution in [3.8, 4) is 0 Å². The molecule has 0 aromatic rings. The van der Waals surface area contributed by atoms with Crippen molar-refractivity contribution in [1.82, 2.24) is 0 Å². The summed E-state index contributed by atoms with van der Waals surface area (Å²) >= 11 is 0. The Labute approximate surface area is 90.0 Å². The molecule has 0 saturated carbocycles. The first-order valence-electron chi connectivity index (χ1n) is 4.24. The highest BCUT2D eigenvalue weighted by Crippen LogP contribution is 2.13. The number of aliphatic carboxylic acids is 1. The van der Waals surface area contributed by atoms with E-state index in [4.69, 9.17) is 31.3 Å². The number of hydrogen-bond donors (Lipinski definition) is 8. The van der Waals surface area contributed by atoms with Crippen LogP contribution in [0.25, 0.3) is 0 Å². The molecular formula is C7H15NO8. The van der Waals surface area contributed by atoms with Gasteiger partial charge in [-0.25, -0.2) is 4.79 Å². The second-order valence-corrected chi connectivity index (χ2v) is 3.31. The van der Waals surface area contributed by atoms with Gasteiger partial charge in [-0.15, -0.1) is 0 Å². The van der Waals surface area contributed by atoms with Crippen LogP contribution in [0.5, 0.6) is 0 Å². The summed E-state index contributed by atoms with van der Waals surface area (Å²) in [6.07, 6.45) is -8.56. The number of carboxylic acids is 1. The molecule has 0 aromatic heterocycles. The Bertz CT molecular complexity index is 245. The van der Waals surface area contributed by atoms with Crippen molar-refractivity contribution < 1.29 is 40.5 Å². The normalized spacial score (nSPS) is 22.9. The summed E-state index contributed by atoms with van der Waals surface area (Å²) in [6.45, 7) is -0.930. The lowest BCUT2D eigenvalue weighted by molar-refractivity contribution is -0.194. The Hall–Kier alpha value is -0.810. The van der Waals surface area contributed by atoms with Gasteiger partial charge in [0.25, 0.3) is 0 Å². The number of aliphatic hydroxyl groups excluding tert-OH is 5. The molecular weight excluding hydrogens is 226 g/mol. The van der Waals surface area contributed by atoms with Gasteiger partial charge in [-0.3, -0.25) is 5.73 Å². The molecule has 0 saturated heterocycles. The van der Waals surface area contributed by atoms with Crippen molar-refractivity contribution in [1.29, 1.82) is 0 Å². The molecule has 9 nitrogen and oxygen atoms in total. The first kappa shape index (κ1) is 15.2. The molecule has 0 rings (SSSR count). The van der Waals surface area contributed by atoms with Crippen LogP contribution in [0.4, 0.5) is 0 Å². The van der Waals surface area contributed by atoms with E-state index < -0.39 is 42.7 Å². The van der Waals surface area contributed by atoms with Gasteiger partial charge in [0.1, 0.15) is 24.4 Å². The molecule has 0 bridgehead atoms. The smallest absolute Gasteiger partial charge is 0.353 e. The van der Waals surface area contributed by atoms with Gasteiger partial charge in [0, 0.05) is 0 Å². The van der Waals surface area contributed by atoms with Gasteiger partial charge in [0.2, 0.25) is 5.72 Å². The van der Waals surface area contributed by atoms with E-state index in [0.29, 0.717) is 0 Å². The van der Waals surface area contributed by atoms with Crippen LogP contribution in [0.3, 0.4) is 0 Å². The summed E-state index contributed by atoms with van der Waals surface area (Å²) in [5.74, 6) is -2.02. The summed E-state index contributed by atoms with van der Waals surface area (Å²) in [7, 11) is 0. The Kier molecular flexibility index (Phi) is 5.22. The summed E-state index contributed by atoms with van der Waals surface area (Å²) in [4.78, 5) is 10.4. The molecule has 0 heterocycles. The molecule has 5 atom stereocenters. The van der Waals surface area contributed by atoms with Crippen LogP contribution in [0.2, 0.25) is 0 Å². The van der Waals surface area contributed by atoms with Gasteiger partial charge in [-0.1, -0.05) is 0 Å². The van der Waals surface area contributed by atoms with E-state index in [-0.39, 0.29) is 0 Å². The maximum absolute atomic E-state index is 10.4. The number of hydrogen-bond acceptors (Lipinski definition) is 8. The van der Waals surface area contributed by atoms with E-state index in [1.165, 1.54) is 0 Å². The second kappa shape index (κ2) is 5.50. The molecule has 9 heteroatoms. The van der Waals surface area contributed by atoms with E-state index in [2.05, 4.69) is 0 Å². The topological polar surface area (TPSA) is 185 Å². The molecule has 0 radical (unpaired) electrons. The van der Waals surface area contributed by atoms with Gasteiger partial charge in [-0.2, -0.15) is 0 Å². The Morgan fingerprint density at radius 2 is 1.62 bits per heavy atom. The zero-order chi connectivity index (χ0) is 13.1. The van der Waals surface area contributed by atoms with Crippen molar-refractivity contribution in [2.24, 2.45) is 5.73 Å². The van der Waals surface area contributed by atoms with Gasteiger partial charge >= 0.3 is 5.97 Å². The van der Waals surface area contributed by atoms with Gasteiger partial charge in [0.15, 0.2) is 0 Å². The first-order chi connectivity index (χ1) is 7.16. The van der Waals surface area contributed by atoms with Crippen molar-refractivity contribution in [3.63, 3.8) is 0 Å². The standard InChI is InChI=1S/C7H15NO8/c8-7(16,6(14)15)5(13)4(12)3(11)2(10)1-9/h2-5,9-13,16H,1,8H2,(H,14,15). The monoisotopic (exact) mass is 241 g/mol. The van der Waals surface area contributed by atoms with Gasteiger partial charge in [0.05, 0.1) is 6.61 Å². The molecule has 9 N–H and O–H groups in total. The van der Waals surface area contributed by atoms with Crippen LogP contribution in [-0.2, 0) is 4.79 Å². The van der Waals surface area contributed by atoms with Crippen LogP contribution in [0.1, 0.15) is 0 Å². The minimum absolute atomic E-state index is 0.930. The highest BCUT2D eigenvalue weighted by Gasteiger charge is 2.46. The molecule has 96 valence electrons. The van der Waals surface area contributed by atoms with Crippen LogP contribution in [0, 0.1) is 0 Å². The fourth-order valence-corrected chi connectivity index (χ4v) is 0.909. The maximum atomic E-state index is 10.4. The first-order valence-corrected chi connectivity index (χ1v) is 4.24. The third-order valence-electron chi connectivity index (χ3n) is 2.05. The molecule has 5 unspecified atom stereocenters. The predicted molar refractivity (Wildman–Crippen MR) is 47.9 cm³/mol. The van der Waals surface area contributed by atoms with Crippen molar-refractivity contribution in [2.75, 3.05) is 6.61 Å². The fraction of sp³-hybridized carbons (Fsp3) is 0.857. The van der Waals surface area contributed by atoms with Crippen molar-refractivity contribution >= 4 is 5.97 Å². The predicted octanol–water partition coefficient (Wildman–Crippen LogP) is -4.85. The van der Waals surface area contributed by atoms with Crippen LogP contribution in [0.15, 0.2) is 0 Å². The van der Waals surface area contributed by atoms with Gasteiger partial charge < -0.3 is 35.7 Å². The quantitative estimate of drug-likeness (QED) is 0.211. The molecule has 0 aromatic carbocycles. The number of aliphatic hydroxyl groups is 6. The van der Waals surface area contributed by atoms with Crippen molar-refractivity contribution in [2.45, 2.75) is 30.1 Å². The van der Waals surface area contributed by atoms with E-state index >= 15 is 0 Å². The van der Waals surface area contributed by atoms with Crippen LogP contribution >= 0.6 is 0 Å². The Balaban J connectivity index is 4.73. The lowest BCUT2D eigenvalue weighted by Crippen LogP contribution is -2.64. The summed E-state index contributed by atoms with van der Waals surface area (Å²) < 4.78 is 0. The van der Waals surface area contributed by atoms with Crippen molar-refractivity contribution in [3.05, 3.63) is 0 Å². The SMILES string of the molecule is NC(O)(C(=O)O)C(O)C(O)C(O)C(O)CO. The van der Waals surface area contributed by atoms with E-state index in [1.807, 2.05) is 0 Å². The minimum atomic E-state index is -3.18. The van der Waals surface area contributed by atoms with Crippen LogP contribution in [-0.4, -0.2) is 78.5 Å². The largest absolute Gasteiger partial charge is 0.478 e. The Morgan fingerprint density at radius 1 is 1.19 bits per heavy atom. The molecule has 0 fully saturated rings. The third-order valence-corrected chi connectivity index (χ3v) is 2.05. The number of rotatable bonds is 6. The maximum Gasteiger partial charge on any atom is 0.353 e. The zero-order valence-corrected chi connectivity index (χ0v) is 8.13. The highest BCUT2D eigenvalue weighted by atomic mass is 16.4. The van der Waals surface area contributed by atoms with Crippen LogP contribution < -0.4 is 5.73 Å². The number of nitrogens with two attached hydrogens (primary N) is 1. The Morgan fingerprint density at radius 3 is 1.94 bits per heavy atom. The molecule has 0 spiro atoms. The molecule has 0 aliphatic carbocycles. The average Bonchev–Trinajstić information content (AvgIpc) is 2.24. The number of carbonyl (C=O) groups is 1. The summed E-state index contributed by atoms with van der Waals surface area (Å²) in [6, 6.07) is 0. The summed E-state index contributed by atoms with van der Waals surface area (Å²) in [5, 5.41) is 62.3. The molecule has 0 aliphatic rings. The molecule has 0 aliphatic heterocycles. The molecule has 16 heavy (non-hydrogen) atoms. The highest BCUT2D eigenvalue weighted by molar-refractivity contribution is 5.77. The lowest BCUT2D eigenvalue weighted by atomic mass is 9.96. The fourth-order valence-electron chi connectivity index (χ4n) is 0.909.